The number of hydrogen-bond acceptors (Lipinski definition) is 4. The quantitative estimate of drug-likeness (QED) is 0.799. The van der Waals surface area contributed by atoms with E-state index in [4.69, 9.17) is 16.7 Å². The second-order valence-electron chi connectivity index (χ2n) is 4.16. The molecule has 1 aromatic heterocycles. The SMILES string of the molecule is Cc1nc(Cl)ccc1N1CC(S(N)(=O)=O)CC1=O. The summed E-state index contributed by atoms with van der Waals surface area (Å²) in [7, 11) is -3.71. The van der Waals surface area contributed by atoms with Crippen molar-refractivity contribution in [2.24, 2.45) is 5.14 Å². The highest BCUT2D eigenvalue weighted by molar-refractivity contribution is 7.89. The van der Waals surface area contributed by atoms with E-state index < -0.39 is 15.3 Å². The van der Waals surface area contributed by atoms with Crippen LogP contribution in [-0.4, -0.2) is 31.1 Å². The number of sulfonamides is 1. The molecule has 1 saturated heterocycles. The number of carbonyl (C=O) groups is 1. The minimum atomic E-state index is -3.71. The highest BCUT2D eigenvalue weighted by Crippen LogP contribution is 2.27. The van der Waals surface area contributed by atoms with Gasteiger partial charge in [0.1, 0.15) is 10.4 Å². The first kappa shape index (κ1) is 13.3. The number of primary sulfonamides is 1. The van der Waals surface area contributed by atoms with Crippen LogP contribution in [0.25, 0.3) is 0 Å². The van der Waals surface area contributed by atoms with Crippen molar-refractivity contribution in [1.29, 1.82) is 0 Å². The first-order valence-corrected chi connectivity index (χ1v) is 7.23. The Hall–Kier alpha value is -1.18. The summed E-state index contributed by atoms with van der Waals surface area (Å²) >= 11 is 5.73. The third kappa shape index (κ3) is 2.47. The topological polar surface area (TPSA) is 93.4 Å². The summed E-state index contributed by atoms with van der Waals surface area (Å²) in [6, 6.07) is 3.20. The second-order valence-corrected chi connectivity index (χ2v) is 6.39. The molecule has 18 heavy (non-hydrogen) atoms. The smallest absolute Gasteiger partial charge is 0.228 e. The molecular formula is C10H12ClN3O3S. The van der Waals surface area contributed by atoms with Gasteiger partial charge in [0.15, 0.2) is 0 Å². The Kier molecular flexibility index (Phi) is 3.31. The van der Waals surface area contributed by atoms with Crippen molar-refractivity contribution in [3.63, 3.8) is 0 Å². The van der Waals surface area contributed by atoms with E-state index in [-0.39, 0.29) is 18.9 Å². The second kappa shape index (κ2) is 4.49. The van der Waals surface area contributed by atoms with Crippen LogP contribution in [0, 0.1) is 6.92 Å². The van der Waals surface area contributed by atoms with Gasteiger partial charge in [-0.05, 0) is 19.1 Å². The first-order chi connectivity index (χ1) is 8.29. The maximum absolute atomic E-state index is 11.8. The molecule has 6 nitrogen and oxygen atoms in total. The zero-order valence-corrected chi connectivity index (χ0v) is 11.2. The third-order valence-electron chi connectivity index (χ3n) is 2.87. The van der Waals surface area contributed by atoms with E-state index in [2.05, 4.69) is 4.98 Å². The van der Waals surface area contributed by atoms with Crippen LogP contribution < -0.4 is 10.0 Å². The standard InChI is InChI=1S/C10H12ClN3O3S/c1-6-8(2-3-9(11)13-6)14-5-7(4-10(14)15)18(12,16)17/h2-3,7H,4-5H2,1H3,(H2,12,16,17). The summed E-state index contributed by atoms with van der Waals surface area (Å²) in [5.74, 6) is -0.277. The van der Waals surface area contributed by atoms with Gasteiger partial charge in [-0.2, -0.15) is 0 Å². The van der Waals surface area contributed by atoms with E-state index in [0.29, 0.717) is 16.5 Å². The number of nitrogens with two attached hydrogens (primary N) is 1. The molecule has 2 heterocycles. The molecule has 2 rings (SSSR count). The van der Waals surface area contributed by atoms with Crippen molar-refractivity contribution in [2.45, 2.75) is 18.6 Å². The van der Waals surface area contributed by atoms with E-state index in [9.17, 15) is 13.2 Å². The van der Waals surface area contributed by atoms with Crippen LogP contribution in [-0.2, 0) is 14.8 Å². The third-order valence-corrected chi connectivity index (χ3v) is 4.32. The molecule has 0 bridgehead atoms. The lowest BCUT2D eigenvalue weighted by Crippen LogP contribution is -2.32. The molecular weight excluding hydrogens is 278 g/mol. The Morgan fingerprint density at radius 1 is 1.50 bits per heavy atom. The van der Waals surface area contributed by atoms with Crippen molar-refractivity contribution in [2.75, 3.05) is 11.4 Å². The summed E-state index contributed by atoms with van der Waals surface area (Å²) in [6.07, 6.45) is -0.0963. The van der Waals surface area contributed by atoms with Gasteiger partial charge in [-0.25, -0.2) is 18.5 Å². The van der Waals surface area contributed by atoms with Crippen molar-refractivity contribution >= 4 is 33.2 Å². The van der Waals surface area contributed by atoms with Crippen LogP contribution in [0.15, 0.2) is 12.1 Å². The van der Waals surface area contributed by atoms with E-state index in [1.807, 2.05) is 0 Å². The van der Waals surface area contributed by atoms with E-state index in [0.717, 1.165) is 0 Å². The van der Waals surface area contributed by atoms with Gasteiger partial charge in [0, 0.05) is 13.0 Å². The molecule has 1 atom stereocenters. The number of anilines is 1. The fourth-order valence-corrected chi connectivity index (χ4v) is 2.86. The van der Waals surface area contributed by atoms with E-state index >= 15 is 0 Å². The van der Waals surface area contributed by atoms with Crippen LogP contribution in [0.1, 0.15) is 12.1 Å². The minimum Gasteiger partial charge on any atom is -0.309 e. The molecule has 0 spiro atoms. The number of rotatable bonds is 2. The molecule has 1 aromatic rings. The van der Waals surface area contributed by atoms with Crippen molar-refractivity contribution in [3.8, 4) is 0 Å². The monoisotopic (exact) mass is 289 g/mol. The Bertz CT molecular complexity index is 602. The highest BCUT2D eigenvalue weighted by Gasteiger charge is 2.37. The van der Waals surface area contributed by atoms with Crippen molar-refractivity contribution in [3.05, 3.63) is 23.0 Å². The summed E-state index contributed by atoms with van der Waals surface area (Å²) < 4.78 is 22.5. The summed E-state index contributed by atoms with van der Waals surface area (Å²) in [5.41, 5.74) is 1.14. The number of pyridine rings is 1. The number of hydrogen-bond donors (Lipinski definition) is 1. The summed E-state index contributed by atoms with van der Waals surface area (Å²) in [6.45, 7) is 1.76. The van der Waals surface area contributed by atoms with Gasteiger partial charge in [0.2, 0.25) is 15.9 Å². The van der Waals surface area contributed by atoms with Crippen LogP contribution in [0.4, 0.5) is 5.69 Å². The number of nitrogens with zero attached hydrogens (tertiary/aromatic N) is 2. The highest BCUT2D eigenvalue weighted by atomic mass is 35.5. The number of carbonyl (C=O) groups excluding carboxylic acids is 1. The van der Waals surface area contributed by atoms with Crippen LogP contribution >= 0.6 is 11.6 Å². The predicted octanol–water partition coefficient (Wildman–Crippen LogP) is 0.437. The van der Waals surface area contributed by atoms with Crippen molar-refractivity contribution < 1.29 is 13.2 Å². The average Bonchev–Trinajstić information content (AvgIpc) is 2.60. The fraction of sp³-hybridized carbons (Fsp3) is 0.400. The Labute approximate surface area is 110 Å². The van der Waals surface area contributed by atoms with Gasteiger partial charge in [-0.3, -0.25) is 4.79 Å². The lowest BCUT2D eigenvalue weighted by Gasteiger charge is -2.18. The molecule has 0 aliphatic carbocycles. The van der Waals surface area contributed by atoms with Gasteiger partial charge in [0.05, 0.1) is 11.4 Å². The molecule has 1 unspecified atom stereocenters. The average molecular weight is 290 g/mol. The minimum absolute atomic E-state index is 0.0574. The molecule has 2 N–H and O–H groups in total. The summed E-state index contributed by atoms with van der Waals surface area (Å²) in [5, 5.41) is 4.53. The Morgan fingerprint density at radius 3 is 2.67 bits per heavy atom. The molecule has 1 amide bonds. The molecule has 0 saturated carbocycles. The molecule has 0 radical (unpaired) electrons. The van der Waals surface area contributed by atoms with E-state index in [1.54, 1.807) is 19.1 Å². The fourth-order valence-electron chi connectivity index (χ4n) is 1.94. The number of aryl methyl sites for hydroxylation is 1. The number of amides is 1. The molecule has 1 aliphatic heterocycles. The normalized spacial score (nSPS) is 20.5. The number of halogens is 1. The Morgan fingerprint density at radius 2 is 2.17 bits per heavy atom. The molecule has 8 heteroatoms. The van der Waals surface area contributed by atoms with Gasteiger partial charge in [-0.15, -0.1) is 0 Å². The Balaban J connectivity index is 2.33. The van der Waals surface area contributed by atoms with Crippen molar-refractivity contribution in [1.82, 2.24) is 4.98 Å². The molecule has 1 fully saturated rings. The maximum atomic E-state index is 11.8. The van der Waals surface area contributed by atoms with E-state index in [1.165, 1.54) is 4.90 Å². The lowest BCUT2D eigenvalue weighted by atomic mass is 10.3. The van der Waals surface area contributed by atoms with Gasteiger partial charge >= 0.3 is 0 Å². The van der Waals surface area contributed by atoms with Gasteiger partial charge in [0.25, 0.3) is 0 Å². The van der Waals surface area contributed by atoms with Crippen LogP contribution in [0.3, 0.4) is 0 Å². The van der Waals surface area contributed by atoms with Crippen LogP contribution in [0.2, 0.25) is 5.15 Å². The van der Waals surface area contributed by atoms with Gasteiger partial charge in [-0.1, -0.05) is 11.6 Å². The lowest BCUT2D eigenvalue weighted by molar-refractivity contribution is -0.117. The molecule has 1 aliphatic rings. The number of aromatic nitrogens is 1. The largest absolute Gasteiger partial charge is 0.309 e. The van der Waals surface area contributed by atoms with Gasteiger partial charge < -0.3 is 4.90 Å². The maximum Gasteiger partial charge on any atom is 0.228 e. The summed E-state index contributed by atoms with van der Waals surface area (Å²) in [4.78, 5) is 17.2. The first-order valence-electron chi connectivity index (χ1n) is 5.24. The zero-order chi connectivity index (χ0) is 13.5. The predicted molar refractivity (Wildman–Crippen MR) is 67.8 cm³/mol. The molecule has 98 valence electrons. The van der Waals surface area contributed by atoms with Crippen LogP contribution in [0.5, 0.6) is 0 Å². The molecule has 0 aromatic carbocycles. The zero-order valence-electron chi connectivity index (χ0n) is 9.63.